The topological polar surface area (TPSA) is 61.9 Å². The lowest BCUT2D eigenvalue weighted by atomic mass is 10.2. The normalized spacial score (nSPS) is 13.7. The van der Waals surface area contributed by atoms with E-state index in [1.807, 2.05) is 61.5 Å². The highest BCUT2D eigenvalue weighted by atomic mass is 16.5. The molecule has 1 aliphatic rings. The number of benzene rings is 2. The Morgan fingerprint density at radius 3 is 2.52 bits per heavy atom. The molecule has 6 nitrogen and oxygen atoms in total. The average Bonchev–Trinajstić information content (AvgIpc) is 3.02. The van der Waals surface area contributed by atoms with E-state index in [0.717, 1.165) is 16.9 Å². The first-order valence-electron chi connectivity index (χ1n) is 9.22. The van der Waals surface area contributed by atoms with Crippen LogP contribution in [0.5, 0.6) is 5.75 Å². The third kappa shape index (κ3) is 5.00. The van der Waals surface area contributed by atoms with Gasteiger partial charge < -0.3 is 19.9 Å². The average molecular weight is 367 g/mol. The Morgan fingerprint density at radius 1 is 1.04 bits per heavy atom. The van der Waals surface area contributed by atoms with E-state index in [-0.39, 0.29) is 18.5 Å². The van der Waals surface area contributed by atoms with Crippen molar-refractivity contribution >= 4 is 11.9 Å². The molecule has 0 radical (unpaired) electrons. The maximum Gasteiger partial charge on any atom is 0.320 e. The summed E-state index contributed by atoms with van der Waals surface area (Å²) in [6, 6.07) is 17.4. The monoisotopic (exact) mass is 367 g/mol. The molecule has 142 valence electrons. The molecule has 0 unspecified atom stereocenters. The van der Waals surface area contributed by atoms with E-state index >= 15 is 0 Å². The minimum absolute atomic E-state index is 0.0704. The molecular weight excluding hydrogens is 342 g/mol. The number of nitrogens with one attached hydrogen (secondary N) is 1. The Morgan fingerprint density at radius 2 is 1.74 bits per heavy atom. The smallest absolute Gasteiger partial charge is 0.320 e. The van der Waals surface area contributed by atoms with Crippen LogP contribution < -0.4 is 10.1 Å². The molecule has 1 saturated heterocycles. The second-order valence-corrected chi connectivity index (χ2v) is 6.43. The number of urea groups is 1. The number of hydrogen-bond donors (Lipinski definition) is 1. The van der Waals surface area contributed by atoms with Gasteiger partial charge in [-0.1, -0.05) is 48.5 Å². The SMILES string of the molecule is CCOc1ccccc1CNC(=O)CN1CCN(Cc2ccccc2)C1=O. The number of carbonyl (C=O) groups is 2. The zero-order valence-corrected chi connectivity index (χ0v) is 15.6. The third-order valence-corrected chi connectivity index (χ3v) is 4.48. The molecule has 2 aromatic carbocycles. The molecule has 0 aromatic heterocycles. The summed E-state index contributed by atoms with van der Waals surface area (Å²) in [4.78, 5) is 28.2. The van der Waals surface area contributed by atoms with E-state index in [9.17, 15) is 9.59 Å². The fraction of sp³-hybridized carbons (Fsp3) is 0.333. The summed E-state index contributed by atoms with van der Waals surface area (Å²) >= 11 is 0. The van der Waals surface area contributed by atoms with E-state index in [4.69, 9.17) is 4.74 Å². The zero-order valence-electron chi connectivity index (χ0n) is 15.6. The highest BCUT2D eigenvalue weighted by Crippen LogP contribution is 2.17. The number of hydrogen-bond acceptors (Lipinski definition) is 3. The summed E-state index contributed by atoms with van der Waals surface area (Å²) in [5.41, 5.74) is 2.01. The van der Waals surface area contributed by atoms with Crippen LogP contribution in [0.25, 0.3) is 0 Å². The van der Waals surface area contributed by atoms with Crippen LogP contribution in [0, 0.1) is 0 Å². The van der Waals surface area contributed by atoms with Gasteiger partial charge >= 0.3 is 6.03 Å². The van der Waals surface area contributed by atoms with Gasteiger partial charge in [0.05, 0.1) is 6.61 Å². The number of para-hydroxylation sites is 1. The van der Waals surface area contributed by atoms with Gasteiger partial charge in [-0.25, -0.2) is 4.79 Å². The van der Waals surface area contributed by atoms with Crippen molar-refractivity contribution in [3.05, 3.63) is 65.7 Å². The van der Waals surface area contributed by atoms with Crippen LogP contribution in [0.4, 0.5) is 4.79 Å². The molecule has 0 saturated carbocycles. The fourth-order valence-electron chi connectivity index (χ4n) is 3.10. The molecule has 27 heavy (non-hydrogen) atoms. The van der Waals surface area contributed by atoms with Crippen molar-refractivity contribution in [3.8, 4) is 5.75 Å². The number of nitrogens with zero attached hydrogens (tertiary/aromatic N) is 2. The molecule has 1 fully saturated rings. The number of amides is 3. The van der Waals surface area contributed by atoms with Crippen LogP contribution in [0.15, 0.2) is 54.6 Å². The van der Waals surface area contributed by atoms with Crippen LogP contribution in [0.1, 0.15) is 18.1 Å². The van der Waals surface area contributed by atoms with E-state index in [1.54, 1.807) is 9.80 Å². The van der Waals surface area contributed by atoms with Crippen molar-refractivity contribution in [2.24, 2.45) is 0 Å². The van der Waals surface area contributed by atoms with Gasteiger partial charge in [-0.05, 0) is 18.6 Å². The van der Waals surface area contributed by atoms with Crippen LogP contribution in [-0.2, 0) is 17.9 Å². The van der Waals surface area contributed by atoms with E-state index < -0.39 is 0 Å². The second kappa shape index (κ2) is 9.07. The first-order chi connectivity index (χ1) is 13.2. The molecule has 1 N–H and O–H groups in total. The minimum Gasteiger partial charge on any atom is -0.494 e. The number of carbonyl (C=O) groups excluding carboxylic acids is 2. The van der Waals surface area contributed by atoms with Crippen molar-refractivity contribution in [1.29, 1.82) is 0 Å². The Hall–Kier alpha value is -3.02. The molecule has 0 spiro atoms. The van der Waals surface area contributed by atoms with Crippen molar-refractivity contribution < 1.29 is 14.3 Å². The molecule has 1 heterocycles. The number of ether oxygens (including phenoxy) is 1. The first-order valence-corrected chi connectivity index (χ1v) is 9.22. The van der Waals surface area contributed by atoms with Gasteiger partial charge in [0, 0.05) is 31.7 Å². The van der Waals surface area contributed by atoms with E-state index in [2.05, 4.69) is 5.32 Å². The molecule has 3 amide bonds. The molecule has 2 aromatic rings. The van der Waals surface area contributed by atoms with Crippen LogP contribution >= 0.6 is 0 Å². The lowest BCUT2D eigenvalue weighted by Gasteiger charge is -2.18. The maximum absolute atomic E-state index is 12.5. The molecule has 6 heteroatoms. The van der Waals surface area contributed by atoms with E-state index in [1.165, 1.54) is 0 Å². The van der Waals surface area contributed by atoms with Crippen LogP contribution in [0.3, 0.4) is 0 Å². The predicted molar refractivity (Wildman–Crippen MR) is 103 cm³/mol. The quantitative estimate of drug-likeness (QED) is 0.780. The van der Waals surface area contributed by atoms with Crippen molar-refractivity contribution in [1.82, 2.24) is 15.1 Å². The first kappa shape index (κ1) is 18.8. The van der Waals surface area contributed by atoms with Gasteiger partial charge in [0.1, 0.15) is 12.3 Å². The molecule has 1 aliphatic heterocycles. The summed E-state index contributed by atoms with van der Waals surface area (Å²) in [5.74, 6) is 0.600. The predicted octanol–water partition coefficient (Wildman–Crippen LogP) is 2.64. The summed E-state index contributed by atoms with van der Waals surface area (Å²) in [6.45, 7) is 4.72. The Bertz CT molecular complexity index is 779. The molecule has 0 bridgehead atoms. The van der Waals surface area contributed by atoms with Gasteiger partial charge in [0.15, 0.2) is 0 Å². The minimum atomic E-state index is -0.170. The van der Waals surface area contributed by atoms with Gasteiger partial charge in [-0.3, -0.25) is 4.79 Å². The van der Waals surface area contributed by atoms with Crippen molar-refractivity contribution in [3.63, 3.8) is 0 Å². The van der Waals surface area contributed by atoms with Crippen LogP contribution in [0.2, 0.25) is 0 Å². The maximum atomic E-state index is 12.5. The van der Waals surface area contributed by atoms with Gasteiger partial charge in [0.2, 0.25) is 5.91 Å². The molecule has 3 rings (SSSR count). The summed E-state index contributed by atoms with van der Waals surface area (Å²) in [5, 5.41) is 2.88. The van der Waals surface area contributed by atoms with Crippen LogP contribution in [-0.4, -0.2) is 48.0 Å². The fourth-order valence-corrected chi connectivity index (χ4v) is 3.10. The largest absolute Gasteiger partial charge is 0.494 e. The highest BCUT2D eigenvalue weighted by Gasteiger charge is 2.29. The molecule has 0 atom stereocenters. The van der Waals surface area contributed by atoms with Gasteiger partial charge in [-0.2, -0.15) is 0 Å². The molecule has 0 aliphatic carbocycles. The Labute approximate surface area is 159 Å². The van der Waals surface area contributed by atoms with Crippen molar-refractivity contribution in [2.45, 2.75) is 20.0 Å². The van der Waals surface area contributed by atoms with E-state index in [0.29, 0.717) is 32.8 Å². The van der Waals surface area contributed by atoms with Gasteiger partial charge in [-0.15, -0.1) is 0 Å². The third-order valence-electron chi connectivity index (χ3n) is 4.48. The zero-order chi connectivity index (χ0) is 19.1. The lowest BCUT2D eigenvalue weighted by molar-refractivity contribution is -0.121. The Balaban J connectivity index is 1.49. The standard InChI is InChI=1S/C21H25N3O3/c1-2-27-19-11-7-6-10-18(19)14-22-20(25)16-24-13-12-23(21(24)26)15-17-8-4-3-5-9-17/h3-11H,2,12-16H2,1H3,(H,22,25). The van der Waals surface area contributed by atoms with Gasteiger partial charge in [0.25, 0.3) is 0 Å². The Kier molecular flexibility index (Phi) is 6.30. The summed E-state index contributed by atoms with van der Waals surface area (Å²) in [7, 11) is 0. The summed E-state index contributed by atoms with van der Waals surface area (Å²) < 4.78 is 5.57. The molecular formula is C21H25N3O3. The number of rotatable bonds is 8. The lowest BCUT2D eigenvalue weighted by Crippen LogP contribution is -2.39. The van der Waals surface area contributed by atoms with Crippen molar-refractivity contribution in [2.75, 3.05) is 26.2 Å². The highest BCUT2D eigenvalue weighted by molar-refractivity contribution is 5.85. The summed E-state index contributed by atoms with van der Waals surface area (Å²) in [6.07, 6.45) is 0. The second-order valence-electron chi connectivity index (χ2n) is 6.43.